The summed E-state index contributed by atoms with van der Waals surface area (Å²) < 4.78 is 38.3. The molecule has 0 unspecified atom stereocenters. The van der Waals surface area contributed by atoms with E-state index in [0.717, 1.165) is 29.7 Å². The summed E-state index contributed by atoms with van der Waals surface area (Å²) in [5.41, 5.74) is 8.15. The summed E-state index contributed by atoms with van der Waals surface area (Å²) in [6.07, 6.45) is -1.67. The Morgan fingerprint density at radius 1 is 1.23 bits per heavy atom. The highest BCUT2D eigenvalue weighted by Gasteiger charge is 2.35. The molecular formula is C16H16ClF3N2. The van der Waals surface area contributed by atoms with Gasteiger partial charge < -0.3 is 5.73 Å². The van der Waals surface area contributed by atoms with E-state index >= 15 is 0 Å². The van der Waals surface area contributed by atoms with Gasteiger partial charge in [0.2, 0.25) is 0 Å². The summed E-state index contributed by atoms with van der Waals surface area (Å²) in [5, 5.41) is 0. The van der Waals surface area contributed by atoms with Crippen LogP contribution >= 0.6 is 12.4 Å². The van der Waals surface area contributed by atoms with Crippen molar-refractivity contribution in [2.45, 2.75) is 31.5 Å². The second-order valence-corrected chi connectivity index (χ2v) is 5.52. The molecule has 6 heteroatoms. The van der Waals surface area contributed by atoms with Gasteiger partial charge >= 0.3 is 6.18 Å². The number of alkyl halides is 3. The van der Waals surface area contributed by atoms with E-state index in [1.807, 2.05) is 13.0 Å². The number of pyridine rings is 1. The molecule has 0 amide bonds. The Bertz CT molecular complexity index is 685. The van der Waals surface area contributed by atoms with Crippen LogP contribution in [0.4, 0.5) is 13.2 Å². The molecule has 0 aliphatic heterocycles. The van der Waals surface area contributed by atoms with Crippen LogP contribution in [0.1, 0.15) is 29.0 Å². The van der Waals surface area contributed by atoms with Crippen LogP contribution in [-0.4, -0.2) is 11.0 Å². The van der Waals surface area contributed by atoms with E-state index in [4.69, 9.17) is 5.73 Å². The maximum atomic E-state index is 12.8. The molecule has 2 aromatic rings. The largest absolute Gasteiger partial charge is 0.416 e. The van der Waals surface area contributed by atoms with Crippen LogP contribution in [0.5, 0.6) is 0 Å². The predicted molar refractivity (Wildman–Crippen MR) is 82.0 cm³/mol. The van der Waals surface area contributed by atoms with Crippen molar-refractivity contribution >= 4 is 12.4 Å². The number of benzene rings is 1. The van der Waals surface area contributed by atoms with Crippen molar-refractivity contribution < 1.29 is 13.2 Å². The Labute approximate surface area is 133 Å². The van der Waals surface area contributed by atoms with E-state index in [0.29, 0.717) is 17.2 Å². The van der Waals surface area contributed by atoms with E-state index < -0.39 is 11.7 Å². The Balaban J connectivity index is 0.00000176. The first-order valence-corrected chi connectivity index (χ1v) is 6.76. The van der Waals surface area contributed by atoms with Gasteiger partial charge in [-0.1, -0.05) is 18.2 Å². The van der Waals surface area contributed by atoms with Crippen molar-refractivity contribution in [3.63, 3.8) is 0 Å². The van der Waals surface area contributed by atoms with Crippen molar-refractivity contribution in [3.8, 4) is 11.3 Å². The van der Waals surface area contributed by atoms with Gasteiger partial charge in [0.1, 0.15) is 0 Å². The summed E-state index contributed by atoms with van der Waals surface area (Å²) >= 11 is 0. The number of hydrogen-bond acceptors (Lipinski definition) is 2. The van der Waals surface area contributed by atoms with E-state index in [1.165, 1.54) is 6.07 Å². The van der Waals surface area contributed by atoms with E-state index in [1.54, 1.807) is 12.3 Å². The molecule has 1 saturated carbocycles. The molecule has 1 aromatic heterocycles. The molecule has 22 heavy (non-hydrogen) atoms. The lowest BCUT2D eigenvalue weighted by molar-refractivity contribution is -0.137. The van der Waals surface area contributed by atoms with E-state index in [2.05, 4.69) is 4.98 Å². The van der Waals surface area contributed by atoms with Gasteiger partial charge in [-0.15, -0.1) is 12.4 Å². The van der Waals surface area contributed by atoms with Gasteiger partial charge in [0.25, 0.3) is 0 Å². The molecule has 2 nitrogen and oxygen atoms in total. The Morgan fingerprint density at radius 3 is 2.45 bits per heavy atom. The second kappa shape index (κ2) is 5.89. The first-order chi connectivity index (χ1) is 9.86. The number of halogens is 4. The molecule has 2 N–H and O–H groups in total. The topological polar surface area (TPSA) is 38.9 Å². The smallest absolute Gasteiger partial charge is 0.327 e. The monoisotopic (exact) mass is 328 g/mol. The lowest BCUT2D eigenvalue weighted by Crippen LogP contribution is -2.05. The zero-order valence-corrected chi connectivity index (χ0v) is 12.7. The van der Waals surface area contributed by atoms with Gasteiger partial charge in [-0.05, 0) is 36.6 Å². The molecule has 0 spiro atoms. The average Bonchev–Trinajstić information content (AvgIpc) is 3.15. The summed E-state index contributed by atoms with van der Waals surface area (Å²) in [5.74, 6) is 0.340. The lowest BCUT2D eigenvalue weighted by atomic mass is 10.0. The van der Waals surface area contributed by atoms with Gasteiger partial charge in [-0.2, -0.15) is 13.2 Å². The van der Waals surface area contributed by atoms with Crippen LogP contribution in [0.15, 0.2) is 36.5 Å². The molecule has 1 fully saturated rings. The van der Waals surface area contributed by atoms with Crippen molar-refractivity contribution in [2.24, 2.45) is 5.73 Å². The Morgan fingerprint density at radius 2 is 1.91 bits per heavy atom. The van der Waals surface area contributed by atoms with Gasteiger partial charge in [0, 0.05) is 23.7 Å². The predicted octanol–water partition coefficient (Wildman–Crippen LogP) is 4.31. The summed E-state index contributed by atoms with van der Waals surface area (Å²) in [6.45, 7) is 1.86. The number of rotatable bonds is 2. The molecule has 1 aromatic carbocycles. The minimum absolute atomic E-state index is 0. The zero-order valence-electron chi connectivity index (χ0n) is 11.9. The molecule has 0 saturated heterocycles. The van der Waals surface area contributed by atoms with Crippen LogP contribution in [0.2, 0.25) is 0 Å². The van der Waals surface area contributed by atoms with Gasteiger partial charge in [0.05, 0.1) is 11.3 Å². The van der Waals surface area contributed by atoms with Crippen LogP contribution in [0.3, 0.4) is 0 Å². The van der Waals surface area contributed by atoms with Crippen molar-refractivity contribution in [2.75, 3.05) is 0 Å². The fraction of sp³-hybridized carbons (Fsp3) is 0.312. The summed E-state index contributed by atoms with van der Waals surface area (Å²) in [6, 6.07) is 7.41. The maximum absolute atomic E-state index is 12.8. The minimum atomic E-state index is -4.34. The molecular weight excluding hydrogens is 313 g/mol. The molecule has 0 bridgehead atoms. The van der Waals surface area contributed by atoms with E-state index in [-0.39, 0.29) is 18.4 Å². The average molecular weight is 329 g/mol. The number of hydrogen-bond donors (Lipinski definition) is 1. The quantitative estimate of drug-likeness (QED) is 0.892. The summed E-state index contributed by atoms with van der Waals surface area (Å²) in [7, 11) is 0. The molecule has 1 heterocycles. The van der Waals surface area contributed by atoms with Crippen LogP contribution < -0.4 is 5.73 Å². The molecule has 2 atom stereocenters. The number of nitrogens with zero attached hydrogens (tertiary/aromatic N) is 1. The minimum Gasteiger partial charge on any atom is -0.327 e. The lowest BCUT2D eigenvalue weighted by Gasteiger charge is -2.11. The highest BCUT2D eigenvalue weighted by atomic mass is 35.5. The van der Waals surface area contributed by atoms with Crippen LogP contribution in [0, 0.1) is 6.92 Å². The van der Waals surface area contributed by atoms with Crippen LogP contribution in [0.25, 0.3) is 11.3 Å². The standard InChI is InChI=1S/C16H15F3N2.ClH/c1-9-5-11(13-7-14(13)20)8-21-15(9)10-3-2-4-12(6-10)16(17,18)19;/h2-6,8,13-14H,7,20H2,1H3;1H/t13-,14+;/m0./s1. The highest BCUT2D eigenvalue weighted by Crippen LogP contribution is 2.40. The molecule has 0 radical (unpaired) electrons. The third-order valence-electron chi connectivity index (χ3n) is 3.83. The molecule has 1 aliphatic carbocycles. The normalized spacial score (nSPS) is 20.4. The zero-order chi connectivity index (χ0) is 15.2. The molecule has 118 valence electrons. The fourth-order valence-electron chi connectivity index (χ4n) is 2.54. The molecule has 3 rings (SSSR count). The maximum Gasteiger partial charge on any atom is 0.416 e. The Kier molecular flexibility index (Phi) is 4.49. The van der Waals surface area contributed by atoms with Crippen LogP contribution in [-0.2, 0) is 6.18 Å². The van der Waals surface area contributed by atoms with Gasteiger partial charge in [0.15, 0.2) is 0 Å². The summed E-state index contributed by atoms with van der Waals surface area (Å²) in [4.78, 5) is 4.34. The van der Waals surface area contributed by atoms with Gasteiger partial charge in [-0.3, -0.25) is 4.98 Å². The second-order valence-electron chi connectivity index (χ2n) is 5.52. The first-order valence-electron chi connectivity index (χ1n) is 6.76. The third kappa shape index (κ3) is 3.25. The Hall–Kier alpha value is -1.59. The fourth-order valence-corrected chi connectivity index (χ4v) is 2.54. The van der Waals surface area contributed by atoms with Crippen molar-refractivity contribution in [1.29, 1.82) is 0 Å². The number of aromatic nitrogens is 1. The van der Waals surface area contributed by atoms with Gasteiger partial charge in [-0.25, -0.2) is 0 Å². The third-order valence-corrected chi connectivity index (χ3v) is 3.83. The van der Waals surface area contributed by atoms with Crippen molar-refractivity contribution in [1.82, 2.24) is 4.98 Å². The highest BCUT2D eigenvalue weighted by molar-refractivity contribution is 5.85. The van der Waals surface area contributed by atoms with E-state index in [9.17, 15) is 13.2 Å². The first kappa shape index (κ1) is 16.8. The van der Waals surface area contributed by atoms with Crippen molar-refractivity contribution in [3.05, 3.63) is 53.2 Å². The number of nitrogens with two attached hydrogens (primary N) is 1. The SMILES string of the molecule is Cc1cc([C@@H]2C[C@H]2N)cnc1-c1cccc(C(F)(F)F)c1.Cl. The number of aryl methyl sites for hydroxylation is 1. The molecule has 1 aliphatic rings.